The monoisotopic (exact) mass is 290 g/mol. The van der Waals surface area contributed by atoms with Crippen LogP contribution in [0.2, 0.25) is 5.02 Å². The maximum absolute atomic E-state index is 9.66. The van der Waals surface area contributed by atoms with E-state index < -0.39 is 6.10 Å². The van der Waals surface area contributed by atoms with E-state index in [1.54, 1.807) is 13.1 Å². The van der Waals surface area contributed by atoms with Crippen molar-refractivity contribution < 1.29 is 5.11 Å². The zero-order chi connectivity index (χ0) is 14.7. The summed E-state index contributed by atoms with van der Waals surface area (Å²) in [5.41, 5.74) is 1.99. The third-order valence-electron chi connectivity index (χ3n) is 3.53. The lowest BCUT2D eigenvalue weighted by Crippen LogP contribution is -2.22. The van der Waals surface area contributed by atoms with Crippen molar-refractivity contribution in [2.24, 2.45) is 0 Å². The van der Waals surface area contributed by atoms with Gasteiger partial charge in [-0.25, -0.2) is 4.98 Å². The van der Waals surface area contributed by atoms with Gasteiger partial charge in [0.1, 0.15) is 5.82 Å². The van der Waals surface area contributed by atoms with Crippen molar-refractivity contribution in [3.05, 3.63) is 58.7 Å². The average molecular weight is 291 g/mol. The van der Waals surface area contributed by atoms with Gasteiger partial charge in [0.05, 0.1) is 12.1 Å². The van der Waals surface area contributed by atoms with Gasteiger partial charge >= 0.3 is 0 Å². The average Bonchev–Trinajstić information content (AvgIpc) is 2.45. The molecule has 2 atom stereocenters. The lowest BCUT2D eigenvalue weighted by Gasteiger charge is -2.27. The van der Waals surface area contributed by atoms with Crippen molar-refractivity contribution >= 4 is 17.4 Å². The highest BCUT2D eigenvalue weighted by Gasteiger charge is 2.14. The quantitative estimate of drug-likeness (QED) is 0.925. The predicted octanol–water partition coefficient (Wildman–Crippen LogP) is 3.99. The Morgan fingerprint density at radius 2 is 1.90 bits per heavy atom. The Hall–Kier alpha value is -1.58. The van der Waals surface area contributed by atoms with Crippen LogP contribution in [0.25, 0.3) is 0 Å². The van der Waals surface area contributed by atoms with Crippen molar-refractivity contribution in [2.45, 2.75) is 26.0 Å². The minimum absolute atomic E-state index is 0.144. The zero-order valence-electron chi connectivity index (χ0n) is 11.9. The van der Waals surface area contributed by atoms with Crippen LogP contribution >= 0.6 is 11.6 Å². The number of rotatable bonds is 4. The molecule has 106 valence electrons. The number of benzene rings is 1. The number of pyridine rings is 1. The second-order valence-corrected chi connectivity index (χ2v) is 5.40. The fourth-order valence-electron chi connectivity index (χ4n) is 2.08. The van der Waals surface area contributed by atoms with E-state index in [0.29, 0.717) is 0 Å². The fraction of sp³-hybridized carbons (Fsp3) is 0.312. The fourth-order valence-corrected chi connectivity index (χ4v) is 2.27. The van der Waals surface area contributed by atoms with Crippen molar-refractivity contribution in [1.29, 1.82) is 0 Å². The molecule has 0 spiro atoms. The summed E-state index contributed by atoms with van der Waals surface area (Å²) >= 11 is 6.04. The molecular formula is C16H19ClN2O. The van der Waals surface area contributed by atoms with Crippen molar-refractivity contribution in [2.75, 3.05) is 11.9 Å². The molecule has 1 aromatic carbocycles. The van der Waals surface area contributed by atoms with Crippen molar-refractivity contribution in [3.8, 4) is 0 Å². The van der Waals surface area contributed by atoms with Crippen molar-refractivity contribution in [3.63, 3.8) is 0 Å². The molecule has 1 N–H and O–H groups in total. The molecule has 2 rings (SSSR count). The topological polar surface area (TPSA) is 36.4 Å². The molecule has 2 unspecified atom stereocenters. The molecule has 0 aliphatic rings. The van der Waals surface area contributed by atoms with Crippen LogP contribution in [0.4, 0.5) is 5.82 Å². The Balaban J connectivity index is 2.26. The summed E-state index contributed by atoms with van der Waals surface area (Å²) in [5.74, 6) is 0.830. The van der Waals surface area contributed by atoms with E-state index >= 15 is 0 Å². The molecule has 0 bridgehead atoms. The smallest absolute Gasteiger partial charge is 0.129 e. The highest BCUT2D eigenvalue weighted by Crippen LogP contribution is 2.26. The molecule has 0 saturated heterocycles. The number of aliphatic hydroxyl groups is 1. The van der Waals surface area contributed by atoms with Gasteiger partial charge in [-0.2, -0.15) is 0 Å². The number of aromatic nitrogens is 1. The van der Waals surface area contributed by atoms with E-state index in [2.05, 4.69) is 16.8 Å². The largest absolute Gasteiger partial charge is 0.389 e. The van der Waals surface area contributed by atoms with Crippen LogP contribution in [0.1, 0.15) is 37.1 Å². The van der Waals surface area contributed by atoms with Crippen LogP contribution in [0.5, 0.6) is 0 Å². The van der Waals surface area contributed by atoms with Crippen LogP contribution < -0.4 is 4.90 Å². The summed E-state index contributed by atoms with van der Waals surface area (Å²) in [6.45, 7) is 3.85. The molecule has 0 aliphatic heterocycles. The molecule has 0 fully saturated rings. The maximum atomic E-state index is 9.66. The molecule has 2 aromatic rings. The van der Waals surface area contributed by atoms with Crippen LogP contribution in [0.3, 0.4) is 0 Å². The Morgan fingerprint density at radius 1 is 1.15 bits per heavy atom. The van der Waals surface area contributed by atoms with Gasteiger partial charge in [-0.1, -0.05) is 23.7 Å². The Bertz CT molecular complexity index is 586. The van der Waals surface area contributed by atoms with E-state index in [1.165, 1.54) is 0 Å². The minimum Gasteiger partial charge on any atom is -0.389 e. The van der Waals surface area contributed by atoms with Crippen LogP contribution in [0, 0.1) is 0 Å². The molecular weight excluding hydrogens is 272 g/mol. The summed E-state index contributed by atoms with van der Waals surface area (Å²) in [5, 5.41) is 10.4. The van der Waals surface area contributed by atoms with Gasteiger partial charge in [-0.05, 0) is 49.2 Å². The Morgan fingerprint density at radius 3 is 2.55 bits per heavy atom. The Labute approximate surface area is 124 Å². The standard InChI is InChI=1S/C16H19ClN2O/c1-11(13-5-4-6-15(17)9-13)19(3)16-10-14(12(2)20)7-8-18-16/h4-12,20H,1-3H3. The van der Waals surface area contributed by atoms with E-state index in [0.717, 1.165) is 22.0 Å². The highest BCUT2D eigenvalue weighted by molar-refractivity contribution is 6.30. The summed E-state index contributed by atoms with van der Waals surface area (Å²) in [7, 11) is 1.99. The molecule has 3 nitrogen and oxygen atoms in total. The molecule has 20 heavy (non-hydrogen) atoms. The van der Waals surface area contributed by atoms with Crippen LogP contribution in [-0.2, 0) is 0 Å². The number of nitrogens with zero attached hydrogens (tertiary/aromatic N) is 2. The molecule has 0 amide bonds. The van der Waals surface area contributed by atoms with Gasteiger partial charge in [-0.3, -0.25) is 0 Å². The van der Waals surface area contributed by atoms with Gasteiger partial charge in [0.2, 0.25) is 0 Å². The number of hydrogen-bond donors (Lipinski definition) is 1. The van der Waals surface area contributed by atoms with Crippen LogP contribution in [0.15, 0.2) is 42.6 Å². The second kappa shape index (κ2) is 6.25. The maximum Gasteiger partial charge on any atom is 0.129 e. The van der Waals surface area contributed by atoms with E-state index in [9.17, 15) is 5.11 Å². The summed E-state index contributed by atoms with van der Waals surface area (Å²) in [4.78, 5) is 6.44. The minimum atomic E-state index is -0.494. The molecule has 1 heterocycles. The van der Waals surface area contributed by atoms with Gasteiger partial charge < -0.3 is 10.0 Å². The summed E-state index contributed by atoms with van der Waals surface area (Å²) in [6.07, 6.45) is 1.23. The van der Waals surface area contributed by atoms with Gasteiger partial charge in [0.25, 0.3) is 0 Å². The first-order chi connectivity index (χ1) is 9.49. The number of hydrogen-bond acceptors (Lipinski definition) is 3. The molecule has 0 saturated carbocycles. The third kappa shape index (κ3) is 3.30. The Kier molecular flexibility index (Phi) is 4.63. The van der Waals surface area contributed by atoms with E-state index in [4.69, 9.17) is 11.6 Å². The van der Waals surface area contributed by atoms with Crippen molar-refractivity contribution in [1.82, 2.24) is 4.98 Å². The normalized spacial score (nSPS) is 13.8. The number of aliphatic hydroxyl groups excluding tert-OH is 1. The summed E-state index contributed by atoms with van der Waals surface area (Å²) < 4.78 is 0. The predicted molar refractivity (Wildman–Crippen MR) is 83.1 cm³/mol. The highest BCUT2D eigenvalue weighted by atomic mass is 35.5. The lowest BCUT2D eigenvalue weighted by molar-refractivity contribution is 0.199. The molecule has 0 aliphatic carbocycles. The van der Waals surface area contributed by atoms with Gasteiger partial charge in [-0.15, -0.1) is 0 Å². The van der Waals surface area contributed by atoms with E-state index in [1.807, 2.05) is 43.4 Å². The second-order valence-electron chi connectivity index (χ2n) is 4.97. The first-order valence-electron chi connectivity index (χ1n) is 6.61. The SMILES string of the molecule is CC(O)c1ccnc(N(C)C(C)c2cccc(Cl)c2)c1. The summed E-state index contributed by atoms with van der Waals surface area (Å²) in [6, 6.07) is 11.7. The third-order valence-corrected chi connectivity index (χ3v) is 3.76. The first-order valence-corrected chi connectivity index (χ1v) is 6.99. The zero-order valence-corrected chi connectivity index (χ0v) is 12.7. The van der Waals surface area contributed by atoms with Gasteiger partial charge in [0, 0.05) is 18.3 Å². The van der Waals surface area contributed by atoms with Crippen LogP contribution in [-0.4, -0.2) is 17.1 Å². The molecule has 0 radical (unpaired) electrons. The van der Waals surface area contributed by atoms with E-state index in [-0.39, 0.29) is 6.04 Å². The number of anilines is 1. The first kappa shape index (κ1) is 14.8. The lowest BCUT2D eigenvalue weighted by atomic mass is 10.1. The molecule has 4 heteroatoms. The van der Waals surface area contributed by atoms with Gasteiger partial charge in [0.15, 0.2) is 0 Å². The number of halogens is 1. The molecule has 1 aromatic heterocycles.